The summed E-state index contributed by atoms with van der Waals surface area (Å²) >= 11 is 0. The van der Waals surface area contributed by atoms with Crippen LogP contribution in [0, 0.1) is 12.2 Å². The van der Waals surface area contributed by atoms with Crippen molar-refractivity contribution in [1.29, 1.82) is 0 Å². The van der Waals surface area contributed by atoms with Crippen LogP contribution >= 0.6 is 0 Å². The van der Waals surface area contributed by atoms with Gasteiger partial charge in [-0.15, -0.1) is 18.9 Å². The Morgan fingerprint density at radius 3 is 2.22 bits per heavy atom. The average Bonchev–Trinajstić information content (AvgIpc) is 2.96. The molecule has 6 heteroatoms. The second kappa shape index (κ2) is 10.6. The van der Waals surface area contributed by atoms with Crippen molar-refractivity contribution in [3.05, 3.63) is 46.5 Å². The van der Waals surface area contributed by atoms with E-state index in [1.807, 2.05) is 0 Å². The van der Waals surface area contributed by atoms with Crippen LogP contribution in [0.2, 0.25) is 32.2 Å². The topological polar surface area (TPSA) is 9.23 Å². The predicted octanol–water partition coefficient (Wildman–Crippen LogP) is -0.883. The van der Waals surface area contributed by atoms with Crippen LogP contribution in [0.5, 0.6) is 0 Å². The average molecular weight is 465 g/mol. The Kier molecular flexibility index (Phi) is 11.9. The maximum atomic E-state index is 6.33. The Balaban J connectivity index is 0. The van der Waals surface area contributed by atoms with Crippen LogP contribution in [0.3, 0.4) is 0 Å². The second-order valence-electron chi connectivity index (χ2n) is 6.82. The molecule has 0 heterocycles. The van der Waals surface area contributed by atoms with Crippen molar-refractivity contribution in [2.75, 3.05) is 0 Å². The summed E-state index contributed by atoms with van der Waals surface area (Å²) in [5.41, 5.74) is 0. The van der Waals surface area contributed by atoms with Crippen molar-refractivity contribution in [3.63, 3.8) is 0 Å². The summed E-state index contributed by atoms with van der Waals surface area (Å²) in [6.45, 7) is 11.5. The minimum atomic E-state index is -1.69. The molecule has 0 amide bonds. The van der Waals surface area contributed by atoms with Crippen molar-refractivity contribution >= 4 is 16.4 Å². The molecule has 1 unspecified atom stereocenters. The monoisotopic (exact) mass is 462 g/mol. The van der Waals surface area contributed by atoms with Gasteiger partial charge in [-0.05, 0) is 19.6 Å². The molecular weight excluding hydrogens is 438 g/mol. The standard InChI is InChI=1S/C17H26OSi2.2ClH.Zr/c1-6-14-20(5,15-10-7-8-11-15)17-13-9-12-16(17)18-19(2,3)4;;;/h7,10,12H,6,8-9,14H2,1-5H3;2*1H;/q-2;;;+4/p-2. The molecule has 1 atom stereocenters. The molecule has 23 heavy (non-hydrogen) atoms. The molecule has 2 aliphatic rings. The molecule has 0 aliphatic heterocycles. The molecule has 2 aliphatic carbocycles. The minimum absolute atomic E-state index is 0. The Labute approximate surface area is 175 Å². The molecule has 1 nitrogen and oxygen atoms in total. The number of allylic oxidation sites excluding steroid dienone is 7. The quantitative estimate of drug-likeness (QED) is 0.366. The van der Waals surface area contributed by atoms with Gasteiger partial charge in [0.15, 0.2) is 0 Å². The maximum absolute atomic E-state index is 6.33. The van der Waals surface area contributed by atoms with Gasteiger partial charge in [0.1, 0.15) is 0 Å². The summed E-state index contributed by atoms with van der Waals surface area (Å²) in [7, 11) is -3.25. The first-order chi connectivity index (χ1) is 9.37. The van der Waals surface area contributed by atoms with Gasteiger partial charge in [-0.1, -0.05) is 31.7 Å². The zero-order valence-corrected chi connectivity index (χ0v) is 20.7. The van der Waals surface area contributed by atoms with E-state index in [1.54, 1.807) is 0 Å². The van der Waals surface area contributed by atoms with Crippen molar-refractivity contribution in [2.24, 2.45) is 0 Å². The third-order valence-electron chi connectivity index (χ3n) is 3.82. The van der Waals surface area contributed by atoms with Crippen molar-refractivity contribution in [2.45, 2.75) is 58.4 Å². The van der Waals surface area contributed by atoms with Crippen LogP contribution in [0.4, 0.5) is 0 Å². The van der Waals surface area contributed by atoms with Crippen molar-refractivity contribution in [3.8, 4) is 0 Å². The van der Waals surface area contributed by atoms with E-state index in [-0.39, 0.29) is 51.0 Å². The van der Waals surface area contributed by atoms with Crippen molar-refractivity contribution in [1.82, 2.24) is 0 Å². The van der Waals surface area contributed by atoms with E-state index in [0.717, 1.165) is 18.6 Å². The van der Waals surface area contributed by atoms with Gasteiger partial charge in [0.25, 0.3) is 0 Å². The van der Waals surface area contributed by atoms with E-state index < -0.39 is 16.4 Å². The molecular formula is C17H26Cl2OSi2Zr. The third-order valence-corrected chi connectivity index (χ3v) is 9.21. The van der Waals surface area contributed by atoms with Gasteiger partial charge in [-0.2, -0.15) is 11.3 Å². The fourth-order valence-corrected chi connectivity index (χ4v) is 7.91. The Bertz CT molecular complexity index is 507. The molecule has 0 aromatic rings. The SMILES string of the molecule is CCC[Si](C)(C1=[C-]CC=C1)C1=[C-]CC=C1O[Si](C)(C)C.[Cl-].[Cl-].[Zr+4]. The summed E-state index contributed by atoms with van der Waals surface area (Å²) in [6.07, 6.45) is 17.1. The third kappa shape index (κ3) is 6.47. The molecule has 0 spiro atoms. The zero-order chi connectivity index (χ0) is 14.8. The Morgan fingerprint density at radius 2 is 1.74 bits per heavy atom. The summed E-state index contributed by atoms with van der Waals surface area (Å²) in [6, 6.07) is 1.26. The molecule has 0 aromatic heterocycles. The fraction of sp³-hybridized carbons (Fsp3) is 0.529. The summed E-state index contributed by atoms with van der Waals surface area (Å²) in [5.74, 6) is 1.14. The van der Waals surface area contributed by atoms with Gasteiger partial charge in [-0.3, -0.25) is 12.2 Å². The summed E-state index contributed by atoms with van der Waals surface area (Å²) in [4.78, 5) is 0. The molecule has 0 saturated heterocycles. The number of hydrogen-bond donors (Lipinski definition) is 0. The first-order valence-electron chi connectivity index (χ1n) is 7.65. The second-order valence-corrected chi connectivity index (χ2v) is 15.4. The molecule has 2 rings (SSSR count). The summed E-state index contributed by atoms with van der Waals surface area (Å²) in [5, 5.41) is 2.85. The maximum Gasteiger partial charge on any atom is 4.00 e. The zero-order valence-electron chi connectivity index (χ0n) is 14.7. The molecule has 0 bridgehead atoms. The van der Waals surface area contributed by atoms with E-state index in [0.29, 0.717) is 0 Å². The van der Waals surface area contributed by atoms with E-state index in [1.165, 1.54) is 22.9 Å². The molecule has 0 saturated carbocycles. The number of hydrogen-bond acceptors (Lipinski definition) is 1. The van der Waals surface area contributed by atoms with Crippen LogP contribution in [0.25, 0.3) is 0 Å². The smallest absolute Gasteiger partial charge is 1.00 e. The van der Waals surface area contributed by atoms with Crippen LogP contribution in [-0.4, -0.2) is 16.4 Å². The van der Waals surface area contributed by atoms with Gasteiger partial charge < -0.3 is 29.2 Å². The number of rotatable bonds is 6. The van der Waals surface area contributed by atoms with Gasteiger partial charge in [0.2, 0.25) is 8.32 Å². The van der Waals surface area contributed by atoms with E-state index in [4.69, 9.17) is 4.43 Å². The Morgan fingerprint density at radius 1 is 1.09 bits per heavy atom. The van der Waals surface area contributed by atoms with Gasteiger partial charge in [0.05, 0.1) is 0 Å². The predicted molar refractivity (Wildman–Crippen MR) is 91.1 cm³/mol. The van der Waals surface area contributed by atoms with Crippen LogP contribution < -0.4 is 24.8 Å². The van der Waals surface area contributed by atoms with Crippen LogP contribution in [0.1, 0.15) is 26.2 Å². The first-order valence-corrected chi connectivity index (χ1v) is 13.8. The van der Waals surface area contributed by atoms with Crippen molar-refractivity contribution < 1.29 is 55.4 Å². The molecule has 0 radical (unpaired) electrons. The normalized spacial score (nSPS) is 18.6. The molecule has 0 N–H and O–H groups in total. The van der Waals surface area contributed by atoms with E-state index in [9.17, 15) is 0 Å². The molecule has 0 fully saturated rings. The first kappa shape index (κ1) is 25.9. The van der Waals surface area contributed by atoms with E-state index >= 15 is 0 Å². The van der Waals surface area contributed by atoms with Gasteiger partial charge in [-0.25, -0.2) is 11.3 Å². The van der Waals surface area contributed by atoms with Gasteiger partial charge in [0, 0.05) is 8.07 Å². The minimum Gasteiger partial charge on any atom is -1.00 e. The van der Waals surface area contributed by atoms with Gasteiger partial charge >= 0.3 is 26.2 Å². The molecule has 126 valence electrons. The largest absolute Gasteiger partial charge is 4.00 e. The molecule has 0 aromatic carbocycles. The van der Waals surface area contributed by atoms with E-state index in [2.05, 4.69) is 63.5 Å². The number of halogens is 2. The van der Waals surface area contributed by atoms with Crippen LogP contribution in [0.15, 0.2) is 34.4 Å². The van der Waals surface area contributed by atoms with Crippen LogP contribution in [-0.2, 0) is 30.6 Å². The summed E-state index contributed by atoms with van der Waals surface area (Å²) < 4.78 is 6.33. The fourth-order valence-electron chi connectivity index (χ4n) is 3.00. The Hall–Kier alpha value is 0.657.